The first-order valence-corrected chi connectivity index (χ1v) is 5.26. The average molecular weight is 186 g/mol. The van der Waals surface area contributed by atoms with Gasteiger partial charge in [0.25, 0.3) is 0 Å². The standard InChI is InChI=1S/C10H22N2O/c1-9-3-5-12(6-4-9)7-10(8-13)11-2/h9-11,13H,3-8H2,1-2H3. The Kier molecular flexibility index (Phi) is 4.70. The van der Waals surface area contributed by atoms with Gasteiger partial charge in [0.2, 0.25) is 0 Å². The van der Waals surface area contributed by atoms with Gasteiger partial charge in [-0.15, -0.1) is 0 Å². The quantitative estimate of drug-likeness (QED) is 0.663. The molecule has 0 aromatic heterocycles. The third-order valence-corrected chi connectivity index (χ3v) is 2.98. The van der Waals surface area contributed by atoms with E-state index in [0.717, 1.165) is 12.5 Å². The smallest absolute Gasteiger partial charge is 0.0597 e. The molecule has 13 heavy (non-hydrogen) atoms. The molecule has 1 unspecified atom stereocenters. The van der Waals surface area contributed by atoms with Gasteiger partial charge in [0.05, 0.1) is 6.61 Å². The Morgan fingerprint density at radius 3 is 2.54 bits per heavy atom. The van der Waals surface area contributed by atoms with Crippen LogP contribution in [0.3, 0.4) is 0 Å². The van der Waals surface area contributed by atoms with Crippen LogP contribution >= 0.6 is 0 Å². The van der Waals surface area contributed by atoms with E-state index in [0.29, 0.717) is 0 Å². The highest BCUT2D eigenvalue weighted by Gasteiger charge is 2.17. The third kappa shape index (κ3) is 3.63. The first-order valence-electron chi connectivity index (χ1n) is 5.26. The van der Waals surface area contributed by atoms with E-state index >= 15 is 0 Å². The number of hydrogen-bond donors (Lipinski definition) is 2. The molecule has 2 N–H and O–H groups in total. The molecule has 0 spiro atoms. The summed E-state index contributed by atoms with van der Waals surface area (Å²) in [5.74, 6) is 0.887. The number of nitrogens with one attached hydrogen (secondary N) is 1. The zero-order valence-electron chi connectivity index (χ0n) is 8.79. The maximum absolute atomic E-state index is 9.02. The van der Waals surface area contributed by atoms with Gasteiger partial charge in [-0.3, -0.25) is 0 Å². The Bertz CT molecular complexity index is 129. The lowest BCUT2D eigenvalue weighted by Gasteiger charge is -2.32. The maximum Gasteiger partial charge on any atom is 0.0597 e. The summed E-state index contributed by atoms with van der Waals surface area (Å²) >= 11 is 0. The molecule has 3 heteroatoms. The molecule has 0 aliphatic carbocycles. The zero-order valence-corrected chi connectivity index (χ0v) is 8.79. The Morgan fingerprint density at radius 2 is 2.08 bits per heavy atom. The summed E-state index contributed by atoms with van der Waals surface area (Å²) in [5.41, 5.74) is 0. The molecule has 1 heterocycles. The van der Waals surface area contributed by atoms with E-state index in [1.807, 2.05) is 7.05 Å². The number of likely N-dealkylation sites (tertiary alicyclic amines) is 1. The second-order valence-electron chi connectivity index (χ2n) is 4.15. The first kappa shape index (κ1) is 11.0. The number of likely N-dealkylation sites (N-methyl/N-ethyl adjacent to an activating group) is 1. The molecule has 1 aliphatic heterocycles. The van der Waals surface area contributed by atoms with Crippen LogP contribution in [0.4, 0.5) is 0 Å². The molecule has 0 saturated carbocycles. The molecule has 0 amide bonds. The van der Waals surface area contributed by atoms with Gasteiger partial charge in [-0.25, -0.2) is 0 Å². The molecule has 1 fully saturated rings. The summed E-state index contributed by atoms with van der Waals surface area (Å²) < 4.78 is 0. The fourth-order valence-electron chi connectivity index (χ4n) is 1.80. The van der Waals surface area contributed by atoms with Gasteiger partial charge in [0.15, 0.2) is 0 Å². The number of aliphatic hydroxyl groups excluding tert-OH is 1. The highest BCUT2D eigenvalue weighted by Crippen LogP contribution is 2.15. The van der Waals surface area contributed by atoms with E-state index in [4.69, 9.17) is 5.11 Å². The molecule has 0 bridgehead atoms. The summed E-state index contributed by atoms with van der Waals surface area (Å²) in [4.78, 5) is 2.44. The van der Waals surface area contributed by atoms with Gasteiger partial charge in [-0.1, -0.05) is 6.92 Å². The summed E-state index contributed by atoms with van der Waals surface area (Å²) in [7, 11) is 1.91. The Labute approximate surface area is 81.1 Å². The number of nitrogens with zero attached hydrogens (tertiary/aromatic N) is 1. The molecule has 1 atom stereocenters. The van der Waals surface area contributed by atoms with E-state index in [1.54, 1.807) is 0 Å². The molecule has 78 valence electrons. The molecule has 1 aliphatic rings. The first-order chi connectivity index (χ1) is 6.26. The van der Waals surface area contributed by atoms with Crippen LogP contribution in [0.2, 0.25) is 0 Å². The fraction of sp³-hybridized carbons (Fsp3) is 1.00. The maximum atomic E-state index is 9.02. The molecule has 3 nitrogen and oxygen atoms in total. The normalized spacial score (nSPS) is 23.3. The van der Waals surface area contributed by atoms with Crippen molar-refractivity contribution in [1.82, 2.24) is 10.2 Å². The number of hydrogen-bond acceptors (Lipinski definition) is 3. The van der Waals surface area contributed by atoms with E-state index in [-0.39, 0.29) is 12.6 Å². The lowest BCUT2D eigenvalue weighted by molar-refractivity contribution is 0.149. The van der Waals surface area contributed by atoms with Crippen molar-refractivity contribution in [3.05, 3.63) is 0 Å². The van der Waals surface area contributed by atoms with Crippen molar-refractivity contribution < 1.29 is 5.11 Å². The minimum Gasteiger partial charge on any atom is -0.395 e. The van der Waals surface area contributed by atoms with Crippen molar-refractivity contribution in [2.24, 2.45) is 5.92 Å². The molecule has 0 aromatic carbocycles. The van der Waals surface area contributed by atoms with Crippen LogP contribution in [-0.4, -0.2) is 49.3 Å². The number of rotatable bonds is 4. The number of piperidine rings is 1. The summed E-state index contributed by atoms with van der Waals surface area (Å²) in [6.45, 7) is 5.93. The second-order valence-corrected chi connectivity index (χ2v) is 4.15. The third-order valence-electron chi connectivity index (χ3n) is 2.98. The van der Waals surface area contributed by atoms with Crippen molar-refractivity contribution in [2.45, 2.75) is 25.8 Å². The van der Waals surface area contributed by atoms with Gasteiger partial charge in [0, 0.05) is 12.6 Å². The molecule has 1 rings (SSSR count). The highest BCUT2D eigenvalue weighted by atomic mass is 16.3. The molecular formula is C10H22N2O. The molecular weight excluding hydrogens is 164 g/mol. The van der Waals surface area contributed by atoms with Crippen molar-refractivity contribution in [2.75, 3.05) is 33.3 Å². The second kappa shape index (κ2) is 5.58. The average Bonchev–Trinajstić information content (AvgIpc) is 2.17. The van der Waals surface area contributed by atoms with Crippen LogP contribution in [0.15, 0.2) is 0 Å². The minimum atomic E-state index is 0.239. The van der Waals surface area contributed by atoms with Crippen LogP contribution in [0, 0.1) is 5.92 Å². The highest BCUT2D eigenvalue weighted by molar-refractivity contribution is 4.74. The molecule has 0 aromatic rings. The monoisotopic (exact) mass is 186 g/mol. The van der Waals surface area contributed by atoms with Crippen LogP contribution in [0.1, 0.15) is 19.8 Å². The Morgan fingerprint density at radius 1 is 1.46 bits per heavy atom. The largest absolute Gasteiger partial charge is 0.395 e. The molecule has 0 radical (unpaired) electrons. The minimum absolute atomic E-state index is 0.239. The zero-order chi connectivity index (χ0) is 9.68. The fourth-order valence-corrected chi connectivity index (χ4v) is 1.80. The summed E-state index contributed by atoms with van der Waals surface area (Å²) in [6.07, 6.45) is 2.61. The van der Waals surface area contributed by atoms with Gasteiger partial charge in [0.1, 0.15) is 0 Å². The van der Waals surface area contributed by atoms with Gasteiger partial charge < -0.3 is 15.3 Å². The van der Waals surface area contributed by atoms with Crippen molar-refractivity contribution in [1.29, 1.82) is 0 Å². The van der Waals surface area contributed by atoms with Crippen LogP contribution < -0.4 is 5.32 Å². The number of aliphatic hydroxyl groups is 1. The lowest BCUT2D eigenvalue weighted by atomic mass is 9.99. The topological polar surface area (TPSA) is 35.5 Å². The Hall–Kier alpha value is -0.120. The van der Waals surface area contributed by atoms with Crippen LogP contribution in [0.25, 0.3) is 0 Å². The van der Waals surface area contributed by atoms with Gasteiger partial charge in [-0.05, 0) is 38.9 Å². The van der Waals surface area contributed by atoms with Crippen LogP contribution in [-0.2, 0) is 0 Å². The Balaban J connectivity index is 2.21. The predicted molar refractivity (Wildman–Crippen MR) is 54.8 cm³/mol. The SMILES string of the molecule is CNC(CO)CN1CCC(C)CC1. The lowest BCUT2D eigenvalue weighted by Crippen LogP contribution is -2.44. The van der Waals surface area contributed by atoms with E-state index in [2.05, 4.69) is 17.1 Å². The summed E-state index contributed by atoms with van der Waals surface area (Å²) in [6, 6.07) is 0.244. The van der Waals surface area contributed by atoms with Crippen molar-refractivity contribution in [3.8, 4) is 0 Å². The van der Waals surface area contributed by atoms with Gasteiger partial charge in [-0.2, -0.15) is 0 Å². The van der Waals surface area contributed by atoms with Crippen molar-refractivity contribution >= 4 is 0 Å². The molecule has 1 saturated heterocycles. The van der Waals surface area contributed by atoms with Crippen LogP contribution in [0.5, 0.6) is 0 Å². The predicted octanol–water partition coefficient (Wildman–Crippen LogP) is 0.299. The van der Waals surface area contributed by atoms with Crippen molar-refractivity contribution in [3.63, 3.8) is 0 Å². The van der Waals surface area contributed by atoms with Gasteiger partial charge >= 0.3 is 0 Å². The van der Waals surface area contributed by atoms with E-state index in [1.165, 1.54) is 25.9 Å². The van der Waals surface area contributed by atoms with E-state index in [9.17, 15) is 0 Å². The summed E-state index contributed by atoms with van der Waals surface area (Å²) in [5, 5.41) is 12.1. The van der Waals surface area contributed by atoms with E-state index < -0.39 is 0 Å².